The molecule has 1 aromatic heterocycles. The fraction of sp³-hybridized carbons (Fsp3) is 0.314. The van der Waals surface area contributed by atoms with Gasteiger partial charge in [0.25, 0.3) is 6.71 Å². The summed E-state index contributed by atoms with van der Waals surface area (Å²) in [6, 6.07) is 59.9. The van der Waals surface area contributed by atoms with Crippen LogP contribution in [0, 0.1) is 13.8 Å². The van der Waals surface area contributed by atoms with Crippen LogP contribution in [0.2, 0.25) is 0 Å². The van der Waals surface area contributed by atoms with E-state index in [0.717, 1.165) is 6.42 Å². The molecule has 0 N–H and O–H groups in total. The molecule has 0 radical (unpaired) electrons. The fourth-order valence-electron chi connectivity index (χ4n) is 14.3. The molecule has 3 aliphatic heterocycles. The summed E-state index contributed by atoms with van der Waals surface area (Å²) in [6.45, 7) is 31.1. The van der Waals surface area contributed by atoms with Gasteiger partial charge in [0.1, 0.15) is 0 Å². The second kappa shape index (κ2) is 16.5. The normalized spacial score (nSPS) is 19.1. The zero-order valence-electron chi connectivity index (χ0n) is 46.6. The molecule has 9 aromatic rings. The lowest BCUT2D eigenvalue weighted by molar-refractivity contribution is 0.194. The van der Waals surface area contributed by atoms with Gasteiger partial charge in [-0.3, -0.25) is 0 Å². The number of rotatable bonds is 4. The lowest BCUT2D eigenvalue weighted by Crippen LogP contribution is -2.62. The largest absolute Gasteiger partial charge is 0.334 e. The van der Waals surface area contributed by atoms with Gasteiger partial charge >= 0.3 is 0 Å². The van der Waals surface area contributed by atoms with E-state index in [-0.39, 0.29) is 33.9 Å². The zero-order valence-corrected chi connectivity index (χ0v) is 47.4. The van der Waals surface area contributed by atoms with Gasteiger partial charge in [0.05, 0.1) is 11.2 Å². The van der Waals surface area contributed by atoms with Gasteiger partial charge < -0.3 is 14.7 Å². The summed E-state index contributed by atoms with van der Waals surface area (Å²) in [5.41, 5.74) is 24.6. The minimum Gasteiger partial charge on any atom is -0.334 e. The van der Waals surface area contributed by atoms with E-state index in [2.05, 4.69) is 256 Å². The van der Waals surface area contributed by atoms with Gasteiger partial charge in [-0.2, -0.15) is 0 Å². The zero-order chi connectivity index (χ0) is 52.3. The Labute approximate surface area is 451 Å². The van der Waals surface area contributed by atoms with Gasteiger partial charge in [0, 0.05) is 71.0 Å². The molecule has 1 aliphatic carbocycles. The van der Waals surface area contributed by atoms with Crippen LogP contribution in [-0.2, 0) is 21.7 Å². The average Bonchev–Trinajstić information content (AvgIpc) is 4.01. The van der Waals surface area contributed by atoms with Gasteiger partial charge in [0.2, 0.25) is 0 Å². The van der Waals surface area contributed by atoms with E-state index in [1.165, 1.54) is 146 Å². The SMILES string of the molecule is Cc1cc(C)c2c(c1)N(c1cc3c4c(c1)N(c1ccc(C(C)(C)C)cc1-c1ccccc1)c1ccc(C(C)(C)C)cc1B4c1cc(C(C)(C)C)ccc1N3c1ccc3c(c1)sc1ccccc13)C1(C)CCCCC21C. The third kappa shape index (κ3) is 7.19. The molecular weight excluding hydrogens is 926 g/mol. The highest BCUT2D eigenvalue weighted by atomic mass is 32.1. The minimum absolute atomic E-state index is 0.0190. The molecule has 1 saturated carbocycles. The summed E-state index contributed by atoms with van der Waals surface area (Å²) in [6.07, 6.45) is 4.78. The molecule has 4 aliphatic rings. The molecule has 75 heavy (non-hydrogen) atoms. The van der Waals surface area contributed by atoms with Gasteiger partial charge in [-0.05, 0) is 166 Å². The van der Waals surface area contributed by atoms with Crippen molar-refractivity contribution in [3.05, 3.63) is 185 Å². The first-order chi connectivity index (χ1) is 35.6. The first-order valence-corrected chi connectivity index (χ1v) is 28.6. The Morgan fingerprint density at radius 3 is 1.72 bits per heavy atom. The molecule has 5 heteroatoms. The van der Waals surface area contributed by atoms with Crippen molar-refractivity contribution in [1.82, 2.24) is 0 Å². The number of hydrogen-bond donors (Lipinski definition) is 0. The maximum Gasteiger partial charge on any atom is 0.252 e. The monoisotopic (exact) mass is 998 g/mol. The van der Waals surface area contributed by atoms with Gasteiger partial charge in [0.15, 0.2) is 0 Å². The summed E-state index contributed by atoms with van der Waals surface area (Å²) in [5, 5.41) is 2.65. The van der Waals surface area contributed by atoms with Crippen LogP contribution in [-0.4, -0.2) is 12.3 Å². The minimum atomic E-state index is -0.149. The Bertz CT molecular complexity index is 3820. The van der Waals surface area contributed by atoms with Gasteiger partial charge in [-0.1, -0.05) is 173 Å². The van der Waals surface area contributed by atoms with Crippen molar-refractivity contribution in [3.63, 3.8) is 0 Å². The predicted molar refractivity (Wildman–Crippen MR) is 327 cm³/mol. The number of thiophene rings is 1. The highest BCUT2D eigenvalue weighted by Gasteiger charge is 2.59. The molecule has 1 fully saturated rings. The number of aryl methyl sites for hydroxylation is 2. The quantitative estimate of drug-likeness (QED) is 0.163. The molecule has 0 spiro atoms. The van der Waals surface area contributed by atoms with E-state index in [9.17, 15) is 0 Å². The number of anilines is 8. The molecule has 13 rings (SSSR count). The van der Waals surface area contributed by atoms with Crippen LogP contribution in [0.15, 0.2) is 152 Å². The average molecular weight is 998 g/mol. The highest BCUT2D eigenvalue weighted by Crippen LogP contribution is 2.63. The maximum atomic E-state index is 2.84. The molecule has 2 unspecified atom stereocenters. The van der Waals surface area contributed by atoms with Crippen LogP contribution in [0.3, 0.4) is 0 Å². The van der Waals surface area contributed by atoms with Crippen LogP contribution in [0.5, 0.6) is 0 Å². The van der Waals surface area contributed by atoms with Gasteiger partial charge in [-0.25, -0.2) is 0 Å². The summed E-state index contributed by atoms with van der Waals surface area (Å²) >= 11 is 1.91. The Hall–Kier alpha value is -6.56. The van der Waals surface area contributed by atoms with Crippen molar-refractivity contribution in [2.45, 2.75) is 143 Å². The van der Waals surface area contributed by atoms with Crippen molar-refractivity contribution in [2.24, 2.45) is 0 Å². The Morgan fingerprint density at radius 1 is 0.480 bits per heavy atom. The molecule has 0 bridgehead atoms. The van der Waals surface area contributed by atoms with Crippen LogP contribution in [0.25, 0.3) is 31.3 Å². The van der Waals surface area contributed by atoms with E-state index in [1.54, 1.807) is 0 Å². The lowest BCUT2D eigenvalue weighted by Gasteiger charge is -2.51. The van der Waals surface area contributed by atoms with E-state index < -0.39 is 0 Å². The molecule has 4 heterocycles. The van der Waals surface area contributed by atoms with Gasteiger partial charge in [-0.15, -0.1) is 11.3 Å². The Kier molecular flexibility index (Phi) is 10.6. The standard InChI is InChI=1S/C70H72BN3S/c1-43-35-44(2)64-59(36-43)74(70(13)34-20-19-33-69(64,70)12)50-40-60-65-61(41-50)73(56-30-25-46(66(3,4)5)37-53(56)45-21-15-14-16-22-45)58-32-27-48(68(9,10)11)39-55(58)71(65)54-38-47(67(6,7)8)26-31-57(54)72(60)49-28-29-52-51-23-17-18-24-62(51)75-63(52)42-49/h14-18,21-32,35-42H,19-20,33-34H2,1-13H3. The first-order valence-electron chi connectivity index (χ1n) is 27.7. The third-order valence-electron chi connectivity index (χ3n) is 18.4. The molecule has 3 nitrogen and oxygen atoms in total. The molecule has 0 amide bonds. The van der Waals surface area contributed by atoms with Crippen molar-refractivity contribution in [3.8, 4) is 11.1 Å². The van der Waals surface area contributed by atoms with Crippen LogP contribution in [0.4, 0.5) is 45.5 Å². The summed E-state index contributed by atoms with van der Waals surface area (Å²) in [5.74, 6) is 0. The topological polar surface area (TPSA) is 9.72 Å². The van der Waals surface area contributed by atoms with Crippen LogP contribution < -0.4 is 31.1 Å². The summed E-state index contributed by atoms with van der Waals surface area (Å²) in [7, 11) is 0. The first kappa shape index (κ1) is 48.1. The predicted octanol–water partition coefficient (Wildman–Crippen LogP) is 18.1. The van der Waals surface area contributed by atoms with E-state index in [0.29, 0.717) is 0 Å². The van der Waals surface area contributed by atoms with E-state index in [1.807, 2.05) is 11.3 Å². The Balaban J connectivity index is 1.19. The molecule has 0 saturated heterocycles. The third-order valence-corrected chi connectivity index (χ3v) is 19.5. The number of benzene rings is 8. The van der Waals surface area contributed by atoms with E-state index in [4.69, 9.17) is 0 Å². The molecular formula is C70H72BN3S. The van der Waals surface area contributed by atoms with Crippen LogP contribution in [0.1, 0.15) is 135 Å². The highest BCUT2D eigenvalue weighted by molar-refractivity contribution is 7.25. The summed E-state index contributed by atoms with van der Waals surface area (Å²) < 4.78 is 2.64. The second-order valence-corrected chi connectivity index (χ2v) is 27.4. The summed E-state index contributed by atoms with van der Waals surface area (Å²) in [4.78, 5) is 8.21. The van der Waals surface area contributed by atoms with Crippen molar-refractivity contribution in [2.75, 3.05) is 14.7 Å². The number of hydrogen-bond acceptors (Lipinski definition) is 4. The van der Waals surface area contributed by atoms with Crippen LogP contribution >= 0.6 is 11.3 Å². The number of fused-ring (bicyclic) bond motifs is 10. The van der Waals surface area contributed by atoms with Crippen molar-refractivity contribution >= 4 is 100 Å². The maximum absolute atomic E-state index is 2.84. The van der Waals surface area contributed by atoms with Crippen molar-refractivity contribution in [1.29, 1.82) is 0 Å². The lowest BCUT2D eigenvalue weighted by atomic mass is 9.33. The second-order valence-electron chi connectivity index (χ2n) is 26.3. The molecule has 2 atom stereocenters. The fourth-order valence-corrected chi connectivity index (χ4v) is 15.4. The van der Waals surface area contributed by atoms with Crippen molar-refractivity contribution < 1.29 is 0 Å². The van der Waals surface area contributed by atoms with E-state index >= 15 is 0 Å². The molecule has 376 valence electrons. The smallest absolute Gasteiger partial charge is 0.252 e. The Morgan fingerprint density at radius 2 is 1.05 bits per heavy atom. The number of nitrogens with zero attached hydrogens (tertiary/aromatic N) is 3. The molecule has 8 aromatic carbocycles.